The van der Waals surface area contributed by atoms with Gasteiger partial charge in [-0.05, 0) is 12.8 Å². The van der Waals surface area contributed by atoms with Crippen molar-refractivity contribution in [2.45, 2.75) is 31.7 Å². The Bertz CT molecular complexity index is 62.9. The minimum absolute atomic E-state index is 0.280. The molecule has 2 nitrogen and oxygen atoms in total. The minimum Gasteiger partial charge on any atom is -0.430 e. The first-order valence-corrected chi connectivity index (χ1v) is 3.61. The molecule has 0 aliphatic heterocycles. The fourth-order valence-corrected chi connectivity index (χ4v) is 0.739. The van der Waals surface area contributed by atoms with E-state index in [4.69, 9.17) is 16.6 Å². The van der Waals surface area contributed by atoms with Gasteiger partial charge in [0.15, 0.2) is 0 Å². The van der Waals surface area contributed by atoms with Crippen LogP contribution in [0.4, 0.5) is 0 Å². The molecule has 1 unspecified atom stereocenters. The van der Waals surface area contributed by atoms with Crippen LogP contribution in [0, 0.1) is 0 Å². The summed E-state index contributed by atoms with van der Waals surface area (Å²) in [6.45, 7) is 2.09. The monoisotopic (exact) mass is 150 g/mol. The number of rotatable bonds is 5. The van der Waals surface area contributed by atoms with Crippen molar-refractivity contribution in [3.05, 3.63) is 0 Å². The van der Waals surface area contributed by atoms with E-state index in [9.17, 15) is 0 Å². The molecule has 0 aromatic heterocycles. The third kappa shape index (κ3) is 6.16. The third-order valence-corrected chi connectivity index (χ3v) is 1.38. The third-order valence-electron chi connectivity index (χ3n) is 1.04. The van der Waals surface area contributed by atoms with Crippen LogP contribution in [0.25, 0.3) is 0 Å². The Balaban J connectivity index is 2.95. The average molecular weight is 150 g/mol. The van der Waals surface area contributed by atoms with Gasteiger partial charge in [-0.1, -0.05) is 24.9 Å². The van der Waals surface area contributed by atoms with Crippen molar-refractivity contribution in [2.75, 3.05) is 0 Å². The molecule has 0 radical (unpaired) electrons. The molecule has 0 rings (SSSR count). The molecule has 0 aliphatic carbocycles. The second-order valence-electron chi connectivity index (χ2n) is 1.85. The molecule has 1 N–H and O–H groups in total. The van der Waals surface area contributed by atoms with E-state index in [-0.39, 0.29) is 13.2 Å². The molecule has 0 aliphatic rings. The van der Waals surface area contributed by atoms with Crippen LogP contribution in [0.1, 0.15) is 26.2 Å². The summed E-state index contributed by atoms with van der Waals surface area (Å²) in [5, 5.41) is 8.23. The molecule has 0 fully saturated rings. The van der Waals surface area contributed by atoms with Crippen molar-refractivity contribution in [1.82, 2.24) is 0 Å². The number of halogens is 1. The van der Waals surface area contributed by atoms with Gasteiger partial charge in [-0.3, -0.25) is 0 Å². The van der Waals surface area contributed by atoms with E-state index < -0.39 is 0 Å². The van der Waals surface area contributed by atoms with Crippen molar-refractivity contribution in [2.24, 2.45) is 0 Å². The number of alkyl halides is 1. The zero-order chi connectivity index (χ0) is 7.11. The average Bonchev–Trinajstić information content (AvgIpc) is 1.85. The van der Waals surface area contributed by atoms with E-state index in [2.05, 4.69) is 11.6 Å². The number of hydrogen-bond donors (Lipinski definition) is 1. The summed E-state index contributed by atoms with van der Waals surface area (Å²) in [7, 11) is -0.280. The molecule has 0 bridgehead atoms. The molecule has 9 heavy (non-hydrogen) atoms. The lowest BCUT2D eigenvalue weighted by atomic mass is 10.2. The van der Waals surface area contributed by atoms with Crippen molar-refractivity contribution in [3.8, 4) is 0 Å². The van der Waals surface area contributed by atoms with E-state index in [1.807, 2.05) is 0 Å². The van der Waals surface area contributed by atoms with Crippen LogP contribution < -0.4 is 0 Å². The zero-order valence-electron chi connectivity index (χ0n) is 5.64. The van der Waals surface area contributed by atoms with E-state index in [1.54, 1.807) is 0 Å². The van der Waals surface area contributed by atoms with Crippen LogP contribution in [-0.4, -0.2) is 18.3 Å². The highest BCUT2D eigenvalue weighted by Crippen LogP contribution is 2.06. The summed E-state index contributed by atoms with van der Waals surface area (Å²) in [6.07, 6.45) is 2.98. The normalized spacial score (nSPS) is 13.2. The fourth-order valence-electron chi connectivity index (χ4n) is 0.529. The fraction of sp³-hybridized carbons (Fsp3) is 1.00. The number of unbranched alkanes of at least 4 members (excludes halogenated alkanes) is 1. The first-order valence-electron chi connectivity index (χ1n) is 3.17. The molecule has 0 aromatic rings. The first kappa shape index (κ1) is 9.27. The molecule has 0 aromatic carbocycles. The van der Waals surface area contributed by atoms with Crippen LogP contribution in [0.2, 0.25) is 0 Å². The van der Waals surface area contributed by atoms with Crippen LogP contribution in [0.15, 0.2) is 0 Å². The summed E-state index contributed by atoms with van der Waals surface area (Å²) >= 11 is 5.58. The molecule has 54 valence electrons. The minimum atomic E-state index is -0.310. The van der Waals surface area contributed by atoms with Crippen molar-refractivity contribution < 1.29 is 9.68 Å². The van der Waals surface area contributed by atoms with Gasteiger partial charge in [0.05, 0.1) is 0 Å². The van der Waals surface area contributed by atoms with Gasteiger partial charge in [0.2, 0.25) is 0 Å². The SMILES string of the molecule is CCCCC(Cl)OBO. The molecule has 0 saturated carbocycles. The lowest BCUT2D eigenvalue weighted by molar-refractivity contribution is 0.241. The summed E-state index contributed by atoms with van der Waals surface area (Å²) in [5.74, 6) is 0. The maximum absolute atomic E-state index is 8.23. The van der Waals surface area contributed by atoms with Gasteiger partial charge in [0.1, 0.15) is 5.56 Å². The molecule has 0 amide bonds. The summed E-state index contributed by atoms with van der Waals surface area (Å²) < 4.78 is 4.66. The summed E-state index contributed by atoms with van der Waals surface area (Å²) in [6, 6.07) is 0. The van der Waals surface area contributed by atoms with Gasteiger partial charge in [-0.25, -0.2) is 0 Å². The van der Waals surface area contributed by atoms with E-state index in [0.29, 0.717) is 0 Å². The maximum atomic E-state index is 8.23. The molecular formula is C5H12BClO2. The van der Waals surface area contributed by atoms with E-state index in [1.165, 1.54) is 0 Å². The summed E-state index contributed by atoms with van der Waals surface area (Å²) in [5.41, 5.74) is -0.310. The Hall–Kier alpha value is 0.275. The van der Waals surface area contributed by atoms with Gasteiger partial charge in [-0.2, -0.15) is 0 Å². The highest BCUT2D eigenvalue weighted by atomic mass is 35.5. The zero-order valence-corrected chi connectivity index (χ0v) is 6.40. The molecular weight excluding hydrogens is 138 g/mol. The molecule has 0 saturated heterocycles. The Labute approximate surface area is 61.5 Å². The predicted octanol–water partition coefficient (Wildman–Crippen LogP) is 1.02. The number of hydrogen-bond acceptors (Lipinski definition) is 2. The lowest BCUT2D eigenvalue weighted by Crippen LogP contribution is -2.07. The molecule has 0 heterocycles. The van der Waals surface area contributed by atoms with Crippen molar-refractivity contribution in [3.63, 3.8) is 0 Å². The summed E-state index contributed by atoms with van der Waals surface area (Å²) in [4.78, 5) is 0. The second kappa shape index (κ2) is 6.40. The van der Waals surface area contributed by atoms with Gasteiger partial charge in [0, 0.05) is 0 Å². The highest BCUT2D eigenvalue weighted by Gasteiger charge is 2.01. The van der Waals surface area contributed by atoms with Crippen molar-refractivity contribution >= 4 is 19.3 Å². The Morgan fingerprint density at radius 3 is 2.89 bits per heavy atom. The van der Waals surface area contributed by atoms with Crippen molar-refractivity contribution in [1.29, 1.82) is 0 Å². The largest absolute Gasteiger partial charge is 0.436 e. The van der Waals surface area contributed by atoms with E-state index >= 15 is 0 Å². The topological polar surface area (TPSA) is 29.5 Å². The highest BCUT2D eigenvalue weighted by molar-refractivity contribution is 6.23. The first-order chi connectivity index (χ1) is 4.31. The standard InChI is InChI=1S/C5H12BClO2/c1-2-3-4-5(7)9-6-8/h5-6,8H,2-4H2,1H3. The Morgan fingerprint density at radius 2 is 2.44 bits per heavy atom. The Kier molecular flexibility index (Phi) is 6.59. The molecule has 0 spiro atoms. The van der Waals surface area contributed by atoms with Crippen LogP contribution in [0.3, 0.4) is 0 Å². The quantitative estimate of drug-likeness (QED) is 0.468. The molecule has 1 atom stereocenters. The van der Waals surface area contributed by atoms with Crippen LogP contribution in [-0.2, 0) is 4.65 Å². The smallest absolute Gasteiger partial charge is 0.430 e. The maximum Gasteiger partial charge on any atom is 0.436 e. The van der Waals surface area contributed by atoms with Gasteiger partial charge in [0.25, 0.3) is 0 Å². The van der Waals surface area contributed by atoms with Gasteiger partial charge in [-0.15, -0.1) is 0 Å². The Morgan fingerprint density at radius 1 is 1.78 bits per heavy atom. The van der Waals surface area contributed by atoms with E-state index in [0.717, 1.165) is 19.3 Å². The lowest BCUT2D eigenvalue weighted by Gasteiger charge is -2.05. The van der Waals surface area contributed by atoms with Crippen LogP contribution >= 0.6 is 11.6 Å². The van der Waals surface area contributed by atoms with Crippen LogP contribution in [0.5, 0.6) is 0 Å². The van der Waals surface area contributed by atoms with Gasteiger partial charge < -0.3 is 9.68 Å². The predicted molar refractivity (Wildman–Crippen MR) is 39.6 cm³/mol. The second-order valence-corrected chi connectivity index (χ2v) is 2.33. The molecule has 4 heteroatoms. The van der Waals surface area contributed by atoms with Gasteiger partial charge >= 0.3 is 7.69 Å².